The number of fused-ring (bicyclic) bond motifs is 1. The lowest BCUT2D eigenvalue weighted by atomic mass is 9.90. The summed E-state index contributed by atoms with van der Waals surface area (Å²) in [5, 5.41) is 17.0. The molecule has 3 aromatic rings. The summed E-state index contributed by atoms with van der Waals surface area (Å²) in [7, 11) is 2.02. The molecule has 0 atom stereocenters. The minimum atomic E-state index is -0.742. The first-order valence-electron chi connectivity index (χ1n) is 9.91. The fourth-order valence-corrected chi connectivity index (χ4v) is 4.12. The van der Waals surface area contributed by atoms with Crippen LogP contribution >= 0.6 is 11.6 Å². The number of nitrogens with zero attached hydrogens (tertiary/aromatic N) is 5. The highest BCUT2D eigenvalue weighted by molar-refractivity contribution is 6.33. The van der Waals surface area contributed by atoms with Crippen molar-refractivity contribution >= 4 is 23.2 Å². The van der Waals surface area contributed by atoms with Gasteiger partial charge in [0.25, 0.3) is 0 Å². The van der Waals surface area contributed by atoms with E-state index in [1.807, 2.05) is 7.05 Å². The van der Waals surface area contributed by atoms with Crippen molar-refractivity contribution in [1.29, 1.82) is 0 Å². The lowest BCUT2D eigenvalue weighted by Crippen LogP contribution is -2.39. The van der Waals surface area contributed by atoms with Crippen LogP contribution in [-0.4, -0.2) is 61.9 Å². The molecule has 0 saturated heterocycles. The number of aliphatic hydroxyl groups is 1. The number of anilines is 1. The van der Waals surface area contributed by atoms with Gasteiger partial charge in [-0.25, -0.2) is 13.8 Å². The van der Waals surface area contributed by atoms with Crippen molar-refractivity contribution in [2.24, 2.45) is 0 Å². The third-order valence-corrected chi connectivity index (χ3v) is 5.88. The number of rotatable bonds is 6. The van der Waals surface area contributed by atoms with Gasteiger partial charge in [-0.3, -0.25) is 0 Å². The van der Waals surface area contributed by atoms with E-state index < -0.39 is 11.6 Å². The summed E-state index contributed by atoms with van der Waals surface area (Å²) in [5.74, 6) is -1.22. The number of benzene rings is 1. The van der Waals surface area contributed by atoms with Crippen LogP contribution in [-0.2, 0) is 0 Å². The summed E-state index contributed by atoms with van der Waals surface area (Å²) in [6.07, 6.45) is 5.15. The normalized spacial score (nSPS) is 19.5. The zero-order chi connectivity index (χ0) is 21.3. The predicted octanol–water partition coefficient (Wildman–Crippen LogP) is 3.37. The van der Waals surface area contributed by atoms with Gasteiger partial charge in [0.05, 0.1) is 18.4 Å². The molecular formula is C20H23ClF2N6O. The monoisotopic (exact) mass is 436 g/mol. The lowest BCUT2D eigenvalue weighted by molar-refractivity contribution is 0.149. The van der Waals surface area contributed by atoms with Crippen molar-refractivity contribution in [3.8, 4) is 11.4 Å². The van der Waals surface area contributed by atoms with E-state index in [1.165, 1.54) is 28.9 Å². The van der Waals surface area contributed by atoms with Crippen LogP contribution in [0.25, 0.3) is 17.0 Å². The first kappa shape index (κ1) is 20.9. The number of aromatic nitrogens is 4. The maximum atomic E-state index is 14.3. The number of aliphatic hydroxyl groups excluding tert-OH is 1. The zero-order valence-electron chi connectivity index (χ0n) is 16.5. The molecule has 0 unspecified atom stereocenters. The molecule has 0 bridgehead atoms. The quantitative estimate of drug-likeness (QED) is 0.617. The summed E-state index contributed by atoms with van der Waals surface area (Å²) < 4.78 is 30.1. The van der Waals surface area contributed by atoms with Crippen LogP contribution in [0.15, 0.2) is 24.4 Å². The van der Waals surface area contributed by atoms with Crippen molar-refractivity contribution in [2.75, 3.05) is 25.5 Å². The van der Waals surface area contributed by atoms with Crippen LogP contribution in [0.4, 0.5) is 14.7 Å². The average Bonchev–Trinajstić information content (AvgIpc) is 3.10. The molecule has 1 aromatic carbocycles. The minimum Gasteiger partial charge on any atom is -0.395 e. The van der Waals surface area contributed by atoms with Gasteiger partial charge < -0.3 is 15.3 Å². The largest absolute Gasteiger partial charge is 0.395 e. The van der Waals surface area contributed by atoms with Crippen LogP contribution in [0, 0.1) is 11.6 Å². The van der Waals surface area contributed by atoms with Crippen molar-refractivity contribution in [1.82, 2.24) is 24.5 Å². The molecule has 10 heteroatoms. The number of halogens is 3. The Labute approximate surface area is 177 Å². The first-order chi connectivity index (χ1) is 14.5. The zero-order valence-corrected chi connectivity index (χ0v) is 17.3. The molecule has 2 N–H and O–H groups in total. The van der Waals surface area contributed by atoms with Gasteiger partial charge in [-0.2, -0.15) is 14.6 Å². The smallest absolute Gasteiger partial charge is 0.228 e. The second-order valence-electron chi connectivity index (χ2n) is 7.55. The van der Waals surface area contributed by atoms with E-state index in [1.54, 1.807) is 0 Å². The lowest BCUT2D eigenvalue weighted by Gasteiger charge is -2.34. The van der Waals surface area contributed by atoms with E-state index >= 15 is 0 Å². The van der Waals surface area contributed by atoms with Gasteiger partial charge >= 0.3 is 0 Å². The SMILES string of the molecule is CN(CCO)[C@H]1CC[C@H](Nc2nc(-c3c(F)cccc3F)nc3c(Cl)cnn23)CC1. The maximum Gasteiger partial charge on any atom is 0.228 e. The van der Waals surface area contributed by atoms with Crippen molar-refractivity contribution < 1.29 is 13.9 Å². The summed E-state index contributed by atoms with van der Waals surface area (Å²) in [5.41, 5.74) is -0.0159. The van der Waals surface area contributed by atoms with E-state index in [0.29, 0.717) is 18.5 Å². The number of hydrogen-bond acceptors (Lipinski definition) is 6. The third-order valence-electron chi connectivity index (χ3n) is 5.62. The molecule has 30 heavy (non-hydrogen) atoms. The van der Waals surface area contributed by atoms with Crippen LogP contribution in [0.3, 0.4) is 0 Å². The molecule has 2 aromatic heterocycles. The number of likely N-dealkylation sites (N-methyl/N-ethyl adjacent to an activating group) is 1. The van der Waals surface area contributed by atoms with Crippen molar-refractivity contribution in [3.63, 3.8) is 0 Å². The molecule has 1 aliphatic carbocycles. The van der Waals surface area contributed by atoms with Crippen LogP contribution in [0.1, 0.15) is 25.7 Å². The Balaban J connectivity index is 1.62. The minimum absolute atomic E-state index is 0.0839. The van der Waals surface area contributed by atoms with Gasteiger partial charge in [0.15, 0.2) is 11.5 Å². The van der Waals surface area contributed by atoms with E-state index in [2.05, 4.69) is 25.3 Å². The molecule has 1 aliphatic rings. The highest BCUT2D eigenvalue weighted by atomic mass is 35.5. The number of nitrogens with one attached hydrogen (secondary N) is 1. The van der Waals surface area contributed by atoms with Gasteiger partial charge in [-0.15, -0.1) is 0 Å². The molecule has 1 fully saturated rings. The molecule has 1 saturated carbocycles. The third kappa shape index (κ3) is 4.10. The molecule has 160 valence electrons. The molecule has 0 aliphatic heterocycles. The van der Waals surface area contributed by atoms with Crippen LogP contribution in [0.5, 0.6) is 0 Å². The Morgan fingerprint density at radius 1 is 1.20 bits per heavy atom. The predicted molar refractivity (Wildman–Crippen MR) is 111 cm³/mol. The second-order valence-corrected chi connectivity index (χ2v) is 7.96. The molecule has 7 nitrogen and oxygen atoms in total. The standard InChI is InChI=1S/C20H23ClF2N6O/c1-28(9-10-30)13-7-5-12(6-8-13)25-20-27-18(17-15(22)3-2-4-16(17)23)26-19-14(21)11-24-29(19)20/h2-4,11-13,30H,5-10H2,1H3,(H,25,26,27)/t12-,13-. The van der Waals surface area contributed by atoms with Gasteiger partial charge in [0.1, 0.15) is 16.7 Å². The first-order valence-corrected chi connectivity index (χ1v) is 10.3. The van der Waals surface area contributed by atoms with Crippen molar-refractivity contribution in [2.45, 2.75) is 37.8 Å². The Morgan fingerprint density at radius 2 is 1.90 bits per heavy atom. The molecule has 0 amide bonds. The Morgan fingerprint density at radius 3 is 2.57 bits per heavy atom. The Kier molecular flexibility index (Phi) is 6.12. The van der Waals surface area contributed by atoms with E-state index in [-0.39, 0.29) is 34.7 Å². The highest BCUT2D eigenvalue weighted by Crippen LogP contribution is 2.29. The van der Waals surface area contributed by atoms with E-state index in [4.69, 9.17) is 16.7 Å². The maximum absolute atomic E-state index is 14.3. The van der Waals surface area contributed by atoms with E-state index in [0.717, 1.165) is 25.7 Å². The average molecular weight is 437 g/mol. The molecule has 0 spiro atoms. The molecular weight excluding hydrogens is 414 g/mol. The Hall–Kier alpha value is -2.36. The molecule has 0 radical (unpaired) electrons. The molecule has 2 heterocycles. The van der Waals surface area contributed by atoms with E-state index in [9.17, 15) is 8.78 Å². The topological polar surface area (TPSA) is 78.6 Å². The van der Waals surface area contributed by atoms with Crippen LogP contribution < -0.4 is 5.32 Å². The highest BCUT2D eigenvalue weighted by Gasteiger charge is 2.26. The van der Waals surface area contributed by atoms with Crippen molar-refractivity contribution in [3.05, 3.63) is 41.1 Å². The summed E-state index contributed by atoms with van der Waals surface area (Å²) >= 11 is 6.20. The summed E-state index contributed by atoms with van der Waals surface area (Å²) in [6.45, 7) is 0.793. The Bertz CT molecular complexity index is 1020. The fraction of sp³-hybridized carbons (Fsp3) is 0.450. The fourth-order valence-electron chi connectivity index (χ4n) is 3.95. The molecule has 4 rings (SSSR count). The summed E-state index contributed by atoms with van der Waals surface area (Å²) in [6, 6.07) is 4.18. The van der Waals surface area contributed by atoms with Gasteiger partial charge in [-0.1, -0.05) is 17.7 Å². The number of hydrogen-bond donors (Lipinski definition) is 2. The van der Waals surface area contributed by atoms with Crippen LogP contribution in [0.2, 0.25) is 5.02 Å². The van der Waals surface area contributed by atoms with Gasteiger partial charge in [0.2, 0.25) is 5.95 Å². The second kappa shape index (κ2) is 8.79. The summed E-state index contributed by atoms with van der Waals surface area (Å²) in [4.78, 5) is 10.8. The van der Waals surface area contributed by atoms with Gasteiger partial charge in [0, 0.05) is 18.6 Å². The van der Waals surface area contributed by atoms with Gasteiger partial charge in [-0.05, 0) is 44.9 Å².